The largest absolute Gasteiger partial charge is 0.481 e. The Balaban J connectivity index is 1.32. The van der Waals surface area contributed by atoms with E-state index in [1.165, 1.54) is 0 Å². The number of carbonyl (C=O) groups is 1. The lowest BCUT2D eigenvalue weighted by Gasteiger charge is -2.24. The zero-order valence-electron chi connectivity index (χ0n) is 14.9. The molecule has 5 rings (SSSR count). The number of carboxylic acid groups (broad SMARTS) is 1. The second-order valence-corrected chi connectivity index (χ2v) is 7.67. The Morgan fingerprint density at radius 3 is 3.00 bits per heavy atom. The molecule has 1 unspecified atom stereocenters. The van der Waals surface area contributed by atoms with Crippen LogP contribution in [0.3, 0.4) is 0 Å². The van der Waals surface area contributed by atoms with E-state index in [0.29, 0.717) is 18.1 Å². The van der Waals surface area contributed by atoms with Crippen LogP contribution in [0.15, 0.2) is 24.4 Å². The first-order valence-electron chi connectivity index (χ1n) is 9.30. The maximum atomic E-state index is 14.4. The van der Waals surface area contributed by atoms with Crippen LogP contribution in [-0.4, -0.2) is 22.7 Å². The number of nitrogens with zero attached hydrogens (tertiary/aromatic N) is 1. The van der Waals surface area contributed by atoms with Crippen molar-refractivity contribution < 1.29 is 23.8 Å². The van der Waals surface area contributed by atoms with Gasteiger partial charge in [-0.15, -0.1) is 0 Å². The van der Waals surface area contributed by atoms with E-state index in [2.05, 4.69) is 4.98 Å². The van der Waals surface area contributed by atoms with Gasteiger partial charge in [0.2, 0.25) is 5.88 Å². The third-order valence-corrected chi connectivity index (χ3v) is 6.13. The minimum Gasteiger partial charge on any atom is -0.481 e. The summed E-state index contributed by atoms with van der Waals surface area (Å²) in [6.07, 6.45) is 3.15. The Bertz CT molecular complexity index is 944. The maximum Gasteiger partial charge on any atom is 0.307 e. The second-order valence-electron chi connectivity index (χ2n) is 7.67. The zero-order chi connectivity index (χ0) is 18.7. The van der Waals surface area contributed by atoms with Crippen LogP contribution in [0.25, 0.3) is 0 Å². The molecular formula is C21H20FNO4. The van der Waals surface area contributed by atoms with E-state index >= 15 is 0 Å². The molecule has 0 bridgehead atoms. The summed E-state index contributed by atoms with van der Waals surface area (Å²) in [4.78, 5) is 15.5. The summed E-state index contributed by atoms with van der Waals surface area (Å²) in [5, 5.41) is 9.19. The van der Waals surface area contributed by atoms with E-state index in [9.17, 15) is 14.3 Å². The number of pyridine rings is 1. The molecule has 0 saturated heterocycles. The first-order chi connectivity index (χ1) is 13.0. The molecule has 6 heteroatoms. The fraction of sp³-hybridized carbons (Fsp3) is 0.429. The van der Waals surface area contributed by atoms with Crippen LogP contribution in [-0.2, 0) is 29.0 Å². The molecule has 1 N–H and O–H groups in total. The summed E-state index contributed by atoms with van der Waals surface area (Å²) < 4.78 is 25.8. The molecular weight excluding hydrogens is 349 g/mol. The van der Waals surface area contributed by atoms with Crippen molar-refractivity contribution in [2.24, 2.45) is 11.8 Å². The Hall–Kier alpha value is -2.47. The number of aliphatic carboxylic acids is 1. The van der Waals surface area contributed by atoms with Crippen LogP contribution in [0, 0.1) is 17.7 Å². The summed E-state index contributed by atoms with van der Waals surface area (Å²) in [6.45, 7) is 2.69. The minimum absolute atomic E-state index is 0.0416. The molecule has 3 aliphatic rings. The van der Waals surface area contributed by atoms with Gasteiger partial charge in [-0.05, 0) is 60.1 Å². The molecule has 27 heavy (non-hydrogen) atoms. The average molecular weight is 369 g/mol. The van der Waals surface area contributed by atoms with E-state index < -0.39 is 5.97 Å². The number of hydrogen-bond donors (Lipinski definition) is 1. The molecule has 4 atom stereocenters. The lowest BCUT2D eigenvalue weighted by Crippen LogP contribution is -2.15. The lowest BCUT2D eigenvalue weighted by atomic mass is 9.96. The number of rotatable bonds is 4. The molecule has 0 amide bonds. The second kappa shape index (κ2) is 6.02. The monoisotopic (exact) mass is 369 g/mol. The topological polar surface area (TPSA) is 68.7 Å². The van der Waals surface area contributed by atoms with E-state index in [0.717, 1.165) is 35.1 Å². The van der Waals surface area contributed by atoms with Crippen molar-refractivity contribution >= 4 is 5.97 Å². The number of ether oxygens (including phenoxy) is 2. The third kappa shape index (κ3) is 2.70. The quantitative estimate of drug-likeness (QED) is 0.895. The maximum absolute atomic E-state index is 14.4. The standard InChI is InChI=1S/C21H20FNO4/c1-10-14-5-13(17(22)6-11(14)2-3-26-10)9-27-18-7-12-4-15-19(16(12)8-23-18)20(15)21(24)25/h5-8,10,15,19-20H,2-4,9H2,1H3,(H,24,25)/t10?,15-,19-,20+/m1/s1. The number of fused-ring (bicyclic) bond motifs is 4. The van der Waals surface area contributed by atoms with Gasteiger partial charge in [-0.25, -0.2) is 9.37 Å². The fourth-order valence-electron chi connectivity index (χ4n) is 4.66. The Morgan fingerprint density at radius 1 is 1.33 bits per heavy atom. The van der Waals surface area contributed by atoms with Gasteiger partial charge in [0.15, 0.2) is 0 Å². The Morgan fingerprint density at radius 2 is 2.19 bits per heavy atom. The zero-order valence-corrected chi connectivity index (χ0v) is 14.9. The van der Waals surface area contributed by atoms with Gasteiger partial charge in [-0.2, -0.15) is 0 Å². The first kappa shape index (κ1) is 16.7. The van der Waals surface area contributed by atoms with Crippen LogP contribution < -0.4 is 4.74 Å². The predicted octanol–water partition coefficient (Wildman–Crippen LogP) is 3.40. The van der Waals surface area contributed by atoms with Crippen molar-refractivity contribution in [1.82, 2.24) is 4.98 Å². The predicted molar refractivity (Wildman–Crippen MR) is 94.1 cm³/mol. The van der Waals surface area contributed by atoms with Gasteiger partial charge in [-0.3, -0.25) is 4.79 Å². The SMILES string of the molecule is CC1OCCc2cc(F)c(COc3cc4c(cn3)[C@H]3[C@@H](C4)[C@@H]3C(=O)O)cc21. The van der Waals surface area contributed by atoms with Crippen molar-refractivity contribution in [2.75, 3.05) is 6.61 Å². The highest BCUT2D eigenvalue weighted by Crippen LogP contribution is 2.61. The highest BCUT2D eigenvalue weighted by atomic mass is 19.1. The Labute approximate surface area is 156 Å². The van der Waals surface area contributed by atoms with Crippen molar-refractivity contribution in [1.29, 1.82) is 0 Å². The number of aromatic nitrogens is 1. The summed E-state index contributed by atoms with van der Waals surface area (Å²) in [5.41, 5.74) is 4.62. The van der Waals surface area contributed by atoms with Gasteiger partial charge < -0.3 is 14.6 Å². The molecule has 140 valence electrons. The van der Waals surface area contributed by atoms with Gasteiger partial charge in [-0.1, -0.05) is 0 Å². The van der Waals surface area contributed by atoms with Gasteiger partial charge in [0, 0.05) is 23.7 Å². The molecule has 0 radical (unpaired) electrons. The Kier molecular flexibility index (Phi) is 3.72. The first-order valence-corrected chi connectivity index (χ1v) is 9.30. The molecule has 1 aromatic carbocycles. The lowest BCUT2D eigenvalue weighted by molar-refractivity contribution is -0.139. The number of halogens is 1. The van der Waals surface area contributed by atoms with Crippen LogP contribution in [0.1, 0.15) is 46.8 Å². The molecule has 1 aliphatic heterocycles. The van der Waals surface area contributed by atoms with Crippen LogP contribution in [0.2, 0.25) is 0 Å². The van der Waals surface area contributed by atoms with Gasteiger partial charge >= 0.3 is 5.97 Å². The van der Waals surface area contributed by atoms with Crippen molar-refractivity contribution in [3.8, 4) is 5.88 Å². The van der Waals surface area contributed by atoms with Crippen LogP contribution in [0.4, 0.5) is 4.39 Å². The molecule has 0 spiro atoms. The molecule has 2 heterocycles. The van der Waals surface area contributed by atoms with Gasteiger partial charge in [0.1, 0.15) is 12.4 Å². The van der Waals surface area contributed by atoms with E-state index in [1.807, 2.05) is 19.1 Å². The van der Waals surface area contributed by atoms with Crippen molar-refractivity contribution in [3.63, 3.8) is 0 Å². The highest BCUT2D eigenvalue weighted by molar-refractivity contribution is 5.77. The minimum atomic E-state index is -0.725. The van der Waals surface area contributed by atoms with E-state index in [4.69, 9.17) is 9.47 Å². The number of carboxylic acids is 1. The molecule has 1 aromatic heterocycles. The van der Waals surface area contributed by atoms with Crippen molar-refractivity contribution in [3.05, 3.63) is 58.0 Å². The van der Waals surface area contributed by atoms with E-state index in [1.54, 1.807) is 12.3 Å². The normalized spacial score (nSPS) is 27.5. The third-order valence-electron chi connectivity index (χ3n) is 6.13. The number of hydrogen-bond acceptors (Lipinski definition) is 4. The number of benzene rings is 1. The molecule has 5 nitrogen and oxygen atoms in total. The van der Waals surface area contributed by atoms with Crippen LogP contribution in [0.5, 0.6) is 5.88 Å². The van der Waals surface area contributed by atoms with E-state index in [-0.39, 0.29) is 36.3 Å². The molecule has 2 aromatic rings. The summed E-state index contributed by atoms with van der Waals surface area (Å²) >= 11 is 0. The van der Waals surface area contributed by atoms with Gasteiger partial charge in [0.05, 0.1) is 18.6 Å². The molecule has 2 aliphatic carbocycles. The molecule has 1 saturated carbocycles. The average Bonchev–Trinajstić information content (AvgIpc) is 3.23. The fourth-order valence-corrected chi connectivity index (χ4v) is 4.66. The molecule has 1 fully saturated rings. The summed E-state index contributed by atoms with van der Waals surface area (Å²) in [7, 11) is 0. The van der Waals surface area contributed by atoms with Crippen LogP contribution >= 0.6 is 0 Å². The van der Waals surface area contributed by atoms with Crippen molar-refractivity contribution in [2.45, 2.75) is 38.4 Å². The highest BCUT2D eigenvalue weighted by Gasteiger charge is 2.59. The summed E-state index contributed by atoms with van der Waals surface area (Å²) in [5.74, 6) is -0.525. The van der Waals surface area contributed by atoms with Gasteiger partial charge in [0.25, 0.3) is 0 Å². The smallest absolute Gasteiger partial charge is 0.307 e. The summed E-state index contributed by atoms with van der Waals surface area (Å²) in [6, 6.07) is 5.28.